The van der Waals surface area contributed by atoms with E-state index in [1.807, 2.05) is 36.4 Å². The molecule has 1 aromatic heterocycles. The lowest BCUT2D eigenvalue weighted by Crippen LogP contribution is -2.30. The molecule has 6 rings (SSSR count). The van der Waals surface area contributed by atoms with Crippen LogP contribution in [0, 0.1) is 11.6 Å². The zero-order chi connectivity index (χ0) is 30.2. The Morgan fingerprint density at radius 3 is 2.53 bits per heavy atom. The molecule has 43 heavy (non-hydrogen) atoms. The number of carbonyl (C=O) groups is 1. The van der Waals surface area contributed by atoms with E-state index < -0.39 is 11.6 Å². The van der Waals surface area contributed by atoms with E-state index in [1.165, 1.54) is 25.0 Å². The number of anilines is 2. The summed E-state index contributed by atoms with van der Waals surface area (Å²) in [5, 5.41) is 14.5. The summed E-state index contributed by atoms with van der Waals surface area (Å²) in [6.07, 6.45) is 5.74. The van der Waals surface area contributed by atoms with Crippen LogP contribution in [0.1, 0.15) is 47.2 Å². The van der Waals surface area contributed by atoms with Gasteiger partial charge >= 0.3 is 0 Å². The lowest BCUT2D eigenvalue weighted by atomic mass is 10.0. The van der Waals surface area contributed by atoms with Crippen LogP contribution in [0.3, 0.4) is 0 Å². The van der Waals surface area contributed by atoms with Gasteiger partial charge in [-0.2, -0.15) is 5.10 Å². The third-order valence-corrected chi connectivity index (χ3v) is 8.04. The summed E-state index contributed by atoms with van der Waals surface area (Å²) in [6, 6.07) is 15.9. The van der Waals surface area contributed by atoms with Gasteiger partial charge in [-0.25, -0.2) is 8.78 Å². The summed E-state index contributed by atoms with van der Waals surface area (Å²) in [5.74, 6) is 0.471. The number of carbonyl (C=O) groups excluding carboxylic acids is 1. The van der Waals surface area contributed by atoms with Gasteiger partial charge in [-0.1, -0.05) is 6.07 Å². The van der Waals surface area contributed by atoms with Crippen molar-refractivity contribution in [3.8, 4) is 5.75 Å². The highest BCUT2D eigenvalue weighted by Gasteiger charge is 2.21. The maximum absolute atomic E-state index is 13.2. The Labute approximate surface area is 250 Å². The Kier molecular flexibility index (Phi) is 10.2. The van der Waals surface area contributed by atoms with Gasteiger partial charge in [0.05, 0.1) is 5.52 Å². The number of halogens is 2. The van der Waals surface area contributed by atoms with E-state index in [9.17, 15) is 13.6 Å². The van der Waals surface area contributed by atoms with Gasteiger partial charge in [0.15, 0.2) is 12.1 Å². The number of fused-ring (bicyclic) bond motifs is 1. The van der Waals surface area contributed by atoms with E-state index in [4.69, 9.17) is 9.47 Å². The fourth-order valence-corrected chi connectivity index (χ4v) is 5.61. The molecule has 0 radical (unpaired) electrons. The number of benzene rings is 3. The lowest BCUT2D eigenvalue weighted by Gasteiger charge is -2.25. The summed E-state index contributed by atoms with van der Waals surface area (Å²) in [4.78, 5) is 13.6. The Hall–Kier alpha value is -4.02. The predicted molar refractivity (Wildman–Crippen MR) is 165 cm³/mol. The van der Waals surface area contributed by atoms with Crippen molar-refractivity contribution < 1.29 is 23.0 Å². The molecule has 4 aromatic rings. The molecule has 0 bridgehead atoms. The standard InChI is InChI=1S/C18H26N2O3.C15H13F2N3/c1-20-8-2-3-16(20)13-23-17-5-4-14(12-21)18(11-17)19-15-6-9-22-10-7-15;1-18-15-13-7-9(2-3-14(13)19-20-15)4-10-5-11(16)8-12(17)6-10/h4-5,11-12,15-16,19H,2-3,6-10,13H2,1H3;2-3,5-8H,4H2,1H3,(H2,18,19,20). The summed E-state index contributed by atoms with van der Waals surface area (Å²) < 4.78 is 37.7. The van der Waals surface area contributed by atoms with Crippen molar-refractivity contribution in [3.05, 3.63) is 82.9 Å². The van der Waals surface area contributed by atoms with Gasteiger partial charge in [0, 0.05) is 61.1 Å². The first-order chi connectivity index (χ1) is 20.9. The zero-order valence-electron chi connectivity index (χ0n) is 24.7. The first kappa shape index (κ1) is 30.4. The highest BCUT2D eigenvalue weighted by Crippen LogP contribution is 2.26. The number of nitrogens with one attached hydrogen (secondary N) is 3. The van der Waals surface area contributed by atoms with E-state index in [2.05, 4.69) is 32.8 Å². The molecule has 1 unspecified atom stereocenters. The fourth-order valence-electron chi connectivity index (χ4n) is 5.61. The molecular weight excluding hydrogens is 552 g/mol. The summed E-state index contributed by atoms with van der Waals surface area (Å²) in [7, 11) is 3.94. The Balaban J connectivity index is 0.000000173. The maximum Gasteiger partial charge on any atom is 0.155 e. The van der Waals surface area contributed by atoms with Crippen LogP contribution in [-0.4, -0.2) is 73.9 Å². The number of aromatic nitrogens is 2. The van der Waals surface area contributed by atoms with Crippen LogP contribution in [0.4, 0.5) is 20.3 Å². The molecule has 0 spiro atoms. The van der Waals surface area contributed by atoms with Crippen LogP contribution >= 0.6 is 0 Å². The quantitative estimate of drug-likeness (QED) is 0.205. The van der Waals surface area contributed by atoms with Gasteiger partial charge in [-0.3, -0.25) is 9.89 Å². The summed E-state index contributed by atoms with van der Waals surface area (Å²) >= 11 is 0. The number of aldehydes is 1. The smallest absolute Gasteiger partial charge is 0.155 e. The minimum absolute atomic E-state index is 0.360. The van der Waals surface area contributed by atoms with E-state index in [-0.39, 0.29) is 0 Å². The molecule has 3 aromatic carbocycles. The van der Waals surface area contributed by atoms with Gasteiger partial charge in [0.2, 0.25) is 0 Å². The normalized spacial score (nSPS) is 17.3. The molecule has 3 heterocycles. The third kappa shape index (κ3) is 8.09. The second-order valence-electron chi connectivity index (χ2n) is 11.1. The second kappa shape index (κ2) is 14.4. The molecule has 228 valence electrons. The van der Waals surface area contributed by atoms with E-state index >= 15 is 0 Å². The number of likely N-dealkylation sites (N-methyl/N-ethyl adjacent to an activating group) is 1. The van der Waals surface area contributed by atoms with E-state index in [0.29, 0.717) is 36.2 Å². The van der Waals surface area contributed by atoms with E-state index in [0.717, 1.165) is 78.7 Å². The summed E-state index contributed by atoms with van der Waals surface area (Å²) in [6.45, 7) is 3.40. The first-order valence-corrected chi connectivity index (χ1v) is 14.8. The molecular formula is C33H39F2N5O3. The van der Waals surface area contributed by atoms with E-state index in [1.54, 1.807) is 7.05 Å². The van der Waals surface area contributed by atoms with Crippen LogP contribution in [0.2, 0.25) is 0 Å². The number of likely N-dealkylation sites (tertiary alicyclic amines) is 1. The van der Waals surface area contributed by atoms with Gasteiger partial charge in [-0.05, 0) is 93.2 Å². The van der Waals surface area contributed by atoms with Crippen LogP contribution < -0.4 is 15.4 Å². The van der Waals surface area contributed by atoms with Crippen molar-refractivity contribution in [1.82, 2.24) is 15.1 Å². The van der Waals surface area contributed by atoms with Gasteiger partial charge in [-0.15, -0.1) is 0 Å². The van der Waals surface area contributed by atoms with Crippen molar-refractivity contribution in [2.75, 3.05) is 51.1 Å². The molecule has 2 aliphatic heterocycles. The van der Waals surface area contributed by atoms with Crippen molar-refractivity contribution in [3.63, 3.8) is 0 Å². The molecule has 2 fully saturated rings. The number of H-pyrrole nitrogens is 1. The average molecular weight is 592 g/mol. The monoisotopic (exact) mass is 591 g/mol. The van der Waals surface area contributed by atoms with Crippen LogP contribution in [0.15, 0.2) is 54.6 Å². The molecule has 0 saturated carbocycles. The molecule has 10 heteroatoms. The molecule has 0 amide bonds. The predicted octanol–water partition coefficient (Wildman–Crippen LogP) is 6.04. The number of nitrogens with zero attached hydrogens (tertiary/aromatic N) is 2. The van der Waals surface area contributed by atoms with Gasteiger partial charge in [0.1, 0.15) is 24.0 Å². The molecule has 3 N–H and O–H groups in total. The Bertz CT molecular complexity index is 1500. The second-order valence-corrected chi connectivity index (χ2v) is 11.1. The average Bonchev–Trinajstić information content (AvgIpc) is 3.61. The zero-order valence-corrected chi connectivity index (χ0v) is 24.7. The van der Waals surface area contributed by atoms with Crippen LogP contribution in [0.5, 0.6) is 5.75 Å². The number of hydrogen-bond acceptors (Lipinski definition) is 7. The first-order valence-electron chi connectivity index (χ1n) is 14.8. The molecule has 2 aliphatic rings. The lowest BCUT2D eigenvalue weighted by molar-refractivity contribution is 0.0904. The Morgan fingerprint density at radius 1 is 1.05 bits per heavy atom. The van der Waals surface area contributed by atoms with Gasteiger partial charge in [0.25, 0.3) is 0 Å². The topological polar surface area (TPSA) is 91.5 Å². The van der Waals surface area contributed by atoms with Crippen molar-refractivity contribution in [2.24, 2.45) is 0 Å². The fraction of sp³-hybridized carbons (Fsp3) is 0.394. The molecule has 2 saturated heterocycles. The summed E-state index contributed by atoms with van der Waals surface area (Å²) in [5.41, 5.74) is 4.05. The minimum Gasteiger partial charge on any atom is -0.492 e. The largest absolute Gasteiger partial charge is 0.492 e. The number of rotatable bonds is 9. The Morgan fingerprint density at radius 2 is 1.84 bits per heavy atom. The number of ether oxygens (including phenoxy) is 2. The molecule has 8 nitrogen and oxygen atoms in total. The van der Waals surface area contributed by atoms with Crippen LogP contribution in [0.25, 0.3) is 10.9 Å². The van der Waals surface area contributed by atoms with Gasteiger partial charge < -0.3 is 25.0 Å². The van der Waals surface area contributed by atoms with Crippen molar-refractivity contribution in [2.45, 2.75) is 44.2 Å². The highest BCUT2D eigenvalue weighted by atomic mass is 19.1. The molecule has 0 aliphatic carbocycles. The highest BCUT2D eigenvalue weighted by molar-refractivity contribution is 5.90. The number of hydrogen-bond donors (Lipinski definition) is 3. The minimum atomic E-state index is -0.555. The van der Waals surface area contributed by atoms with Crippen molar-refractivity contribution in [1.29, 1.82) is 0 Å². The number of aromatic amines is 1. The van der Waals surface area contributed by atoms with Crippen molar-refractivity contribution >= 4 is 28.7 Å². The SMILES string of the molecule is CN1CCCC1COc1ccc(C=O)c(NC2CCOCC2)c1.CNc1n[nH]c2ccc(Cc3cc(F)cc(F)c3)cc12. The van der Waals surface area contributed by atoms with Crippen LogP contribution in [-0.2, 0) is 11.2 Å². The third-order valence-electron chi connectivity index (χ3n) is 8.04. The maximum atomic E-state index is 13.2. The molecule has 1 atom stereocenters.